The first-order valence-corrected chi connectivity index (χ1v) is 10.1. The molecule has 138 valence electrons. The van der Waals surface area contributed by atoms with Crippen molar-refractivity contribution in [2.24, 2.45) is 5.41 Å². The summed E-state index contributed by atoms with van der Waals surface area (Å²) in [5.41, 5.74) is 4.76. The van der Waals surface area contributed by atoms with E-state index in [0.29, 0.717) is 11.3 Å². The van der Waals surface area contributed by atoms with Gasteiger partial charge in [-0.1, -0.05) is 75.4 Å². The molecule has 1 unspecified atom stereocenters. The Bertz CT molecular complexity index is 987. The van der Waals surface area contributed by atoms with Gasteiger partial charge in [0, 0.05) is 22.1 Å². The lowest BCUT2D eigenvalue weighted by molar-refractivity contribution is 0.353. The number of rotatable bonds is 1. The Hall–Kier alpha value is -2.13. The third-order valence-corrected chi connectivity index (χ3v) is 6.39. The molecule has 0 radical (unpaired) electrons. The van der Waals surface area contributed by atoms with Gasteiger partial charge in [-0.3, -0.25) is 0 Å². The van der Waals surface area contributed by atoms with Gasteiger partial charge in [-0.05, 0) is 33.7 Å². The quantitative estimate of drug-likeness (QED) is 0.423. The molecule has 0 aliphatic carbocycles. The normalized spacial score (nSPS) is 16.4. The molecule has 0 aromatic heterocycles. The molecule has 3 aromatic carbocycles. The summed E-state index contributed by atoms with van der Waals surface area (Å²) in [6.45, 7) is 6.49. The fourth-order valence-corrected chi connectivity index (χ4v) is 5.33. The summed E-state index contributed by atoms with van der Waals surface area (Å²) in [6, 6.07) is 19.6. The summed E-state index contributed by atoms with van der Waals surface area (Å²) >= 11 is 1.61. The van der Waals surface area contributed by atoms with E-state index in [2.05, 4.69) is 51.1 Å². The minimum Gasteiger partial charge on any atom is -0.204 e. The first-order chi connectivity index (χ1) is 12.9. The van der Waals surface area contributed by atoms with Gasteiger partial charge in [-0.25, -0.2) is 8.78 Å². The van der Waals surface area contributed by atoms with Crippen molar-refractivity contribution in [1.82, 2.24) is 0 Å². The Kier molecular flexibility index (Phi) is 4.59. The summed E-state index contributed by atoms with van der Waals surface area (Å²) in [5, 5.41) is 0. The topological polar surface area (TPSA) is 0 Å². The van der Waals surface area contributed by atoms with Crippen LogP contribution >= 0.6 is 11.8 Å². The lowest BCUT2D eigenvalue weighted by Gasteiger charge is -2.33. The predicted octanol–water partition coefficient (Wildman–Crippen LogP) is 7.42. The third kappa shape index (κ3) is 3.19. The van der Waals surface area contributed by atoms with Gasteiger partial charge in [0.25, 0.3) is 0 Å². The van der Waals surface area contributed by atoms with Crippen molar-refractivity contribution < 1.29 is 8.78 Å². The smallest absolute Gasteiger partial charge is 0.163 e. The largest absolute Gasteiger partial charge is 0.204 e. The zero-order chi connectivity index (χ0) is 19.2. The van der Waals surface area contributed by atoms with Gasteiger partial charge in [-0.15, -0.1) is 11.8 Å². The molecule has 1 heterocycles. The van der Waals surface area contributed by atoms with E-state index in [9.17, 15) is 8.78 Å². The molecule has 3 aromatic rings. The summed E-state index contributed by atoms with van der Waals surface area (Å²) in [4.78, 5) is 1.17. The van der Waals surface area contributed by atoms with Crippen LogP contribution in [0.4, 0.5) is 8.78 Å². The zero-order valence-electron chi connectivity index (χ0n) is 15.7. The molecular formula is C24H22F2S. The highest BCUT2D eigenvalue weighted by Crippen LogP contribution is 2.51. The van der Waals surface area contributed by atoms with Gasteiger partial charge in [0.05, 0.1) is 0 Å². The van der Waals surface area contributed by atoms with E-state index in [-0.39, 0.29) is 11.3 Å². The number of benzene rings is 3. The molecule has 27 heavy (non-hydrogen) atoms. The van der Waals surface area contributed by atoms with Crippen LogP contribution in [0.2, 0.25) is 0 Å². The molecule has 0 saturated carbocycles. The van der Waals surface area contributed by atoms with E-state index < -0.39 is 11.6 Å². The van der Waals surface area contributed by atoms with Crippen molar-refractivity contribution in [2.75, 3.05) is 0 Å². The molecule has 0 spiro atoms. The van der Waals surface area contributed by atoms with Crippen molar-refractivity contribution in [3.8, 4) is 11.1 Å². The molecule has 1 atom stereocenters. The second-order valence-electron chi connectivity index (χ2n) is 8.11. The Balaban J connectivity index is 1.99. The zero-order valence-corrected chi connectivity index (χ0v) is 16.5. The van der Waals surface area contributed by atoms with Crippen LogP contribution in [0.5, 0.6) is 0 Å². The van der Waals surface area contributed by atoms with Crippen LogP contribution in [-0.4, -0.2) is 0 Å². The van der Waals surface area contributed by atoms with Crippen molar-refractivity contribution in [3.05, 3.63) is 89.0 Å². The van der Waals surface area contributed by atoms with Crippen LogP contribution in [0.1, 0.15) is 43.4 Å². The van der Waals surface area contributed by atoms with Gasteiger partial charge < -0.3 is 0 Å². The van der Waals surface area contributed by atoms with Crippen LogP contribution in [0.3, 0.4) is 0 Å². The van der Waals surface area contributed by atoms with Crippen molar-refractivity contribution in [3.63, 3.8) is 0 Å². The molecule has 3 heteroatoms. The van der Waals surface area contributed by atoms with Crippen LogP contribution < -0.4 is 0 Å². The minimum atomic E-state index is -0.767. The minimum absolute atomic E-state index is 0.00346. The molecule has 0 N–H and O–H groups in total. The number of thioether (sulfide) groups is 1. The highest BCUT2D eigenvalue weighted by Gasteiger charge is 2.35. The van der Waals surface area contributed by atoms with Crippen molar-refractivity contribution >= 4 is 11.8 Å². The summed E-state index contributed by atoms with van der Waals surface area (Å²) in [7, 11) is 0. The van der Waals surface area contributed by atoms with Crippen LogP contribution in [-0.2, 0) is 5.75 Å². The highest BCUT2D eigenvalue weighted by molar-refractivity contribution is 7.98. The highest BCUT2D eigenvalue weighted by atomic mass is 32.2. The maximum Gasteiger partial charge on any atom is 0.163 e. The Labute approximate surface area is 163 Å². The number of hydrogen-bond acceptors (Lipinski definition) is 1. The van der Waals surface area contributed by atoms with Gasteiger partial charge >= 0.3 is 0 Å². The molecule has 0 amide bonds. The van der Waals surface area contributed by atoms with E-state index in [1.165, 1.54) is 16.5 Å². The molecule has 0 bridgehead atoms. The predicted molar refractivity (Wildman–Crippen MR) is 109 cm³/mol. The van der Waals surface area contributed by atoms with Gasteiger partial charge in [0.2, 0.25) is 0 Å². The van der Waals surface area contributed by atoms with E-state index >= 15 is 0 Å². The van der Waals surface area contributed by atoms with Crippen LogP contribution in [0, 0.1) is 17.0 Å². The average Bonchev–Trinajstić information content (AvgIpc) is 2.82. The first-order valence-electron chi connectivity index (χ1n) is 9.16. The average molecular weight is 381 g/mol. The molecule has 1 aliphatic rings. The molecular weight excluding hydrogens is 358 g/mol. The first kappa shape index (κ1) is 18.2. The van der Waals surface area contributed by atoms with E-state index in [1.54, 1.807) is 17.8 Å². The van der Waals surface area contributed by atoms with Crippen LogP contribution in [0.25, 0.3) is 11.1 Å². The van der Waals surface area contributed by atoms with Crippen LogP contribution in [0.15, 0.2) is 65.6 Å². The SMILES string of the molecule is CC(C)(C)C1c2ccc(F)c(F)c2CSc2c(-c3ccccc3)cccc21. The van der Waals surface area contributed by atoms with E-state index in [1.807, 2.05) is 18.2 Å². The standard InChI is InChI=1S/C24H22F2S/c1-24(2,3)21-17-12-13-20(25)22(26)19(17)14-27-23-16(10-7-11-18(21)23)15-8-5-4-6-9-15/h4-13,21H,14H2,1-3H3. The van der Waals surface area contributed by atoms with Gasteiger partial charge in [0.1, 0.15) is 0 Å². The third-order valence-electron chi connectivity index (χ3n) is 5.21. The Morgan fingerprint density at radius 1 is 0.852 bits per heavy atom. The second-order valence-corrected chi connectivity index (χ2v) is 9.09. The molecule has 0 nitrogen and oxygen atoms in total. The summed E-state index contributed by atoms with van der Waals surface area (Å²) < 4.78 is 28.6. The Morgan fingerprint density at radius 3 is 2.30 bits per heavy atom. The maximum absolute atomic E-state index is 14.7. The lowest BCUT2D eigenvalue weighted by Crippen LogP contribution is -2.21. The lowest BCUT2D eigenvalue weighted by atomic mass is 9.71. The fourth-order valence-electron chi connectivity index (χ4n) is 4.06. The second kappa shape index (κ2) is 6.79. The molecule has 0 fully saturated rings. The molecule has 0 saturated heterocycles. The number of hydrogen-bond donors (Lipinski definition) is 0. The van der Waals surface area contributed by atoms with Crippen molar-refractivity contribution in [1.29, 1.82) is 0 Å². The van der Waals surface area contributed by atoms with Gasteiger partial charge in [-0.2, -0.15) is 0 Å². The molecule has 4 rings (SSSR count). The summed E-state index contributed by atoms with van der Waals surface area (Å²) in [5.74, 6) is -1.04. The van der Waals surface area contributed by atoms with E-state index in [0.717, 1.165) is 16.7 Å². The number of fused-ring (bicyclic) bond motifs is 2. The maximum atomic E-state index is 14.7. The fraction of sp³-hybridized carbons (Fsp3) is 0.250. The van der Waals surface area contributed by atoms with E-state index in [4.69, 9.17) is 0 Å². The monoisotopic (exact) mass is 380 g/mol. The summed E-state index contributed by atoms with van der Waals surface area (Å²) in [6.07, 6.45) is 0. The van der Waals surface area contributed by atoms with Crippen molar-refractivity contribution in [2.45, 2.75) is 37.3 Å². The Morgan fingerprint density at radius 2 is 1.59 bits per heavy atom. The molecule has 1 aliphatic heterocycles. The number of halogens is 2. The van der Waals surface area contributed by atoms with Gasteiger partial charge in [0.15, 0.2) is 11.6 Å².